The van der Waals surface area contributed by atoms with Crippen molar-refractivity contribution in [1.29, 1.82) is 0 Å². The largest absolute Gasteiger partial charge is 0.395 e. The first-order valence-electron chi connectivity index (χ1n) is 12.3. The third-order valence-electron chi connectivity index (χ3n) is 7.02. The van der Waals surface area contributed by atoms with Crippen LogP contribution in [0.3, 0.4) is 0 Å². The van der Waals surface area contributed by atoms with E-state index >= 15 is 8.78 Å². The molecular weight excluding hydrogens is 507 g/mol. The van der Waals surface area contributed by atoms with Gasteiger partial charge in [0, 0.05) is 17.8 Å². The van der Waals surface area contributed by atoms with Crippen molar-refractivity contribution in [3.8, 4) is 0 Å². The second-order valence-electron chi connectivity index (χ2n) is 9.79. The topological polar surface area (TPSA) is 107 Å². The normalized spacial score (nSPS) is 37.0. The van der Waals surface area contributed by atoms with E-state index in [1.807, 2.05) is 0 Å². The van der Waals surface area contributed by atoms with Gasteiger partial charge in [-0.15, -0.1) is 0 Å². The van der Waals surface area contributed by atoms with Crippen LogP contribution in [-0.2, 0) is 20.8 Å². The van der Waals surface area contributed by atoms with Gasteiger partial charge in [0.2, 0.25) is 6.04 Å². The molecule has 4 rings (SSSR count). The SMILES string of the molecule is C[C@@H]1CCCCC(F)(F)C(OCc2ccccc2)C2NNC(O2)C2NC(O1)C(C(F)(F)F)CC2[N+](=O)[O-]. The number of nitro groups is 1. The van der Waals surface area contributed by atoms with E-state index in [0.29, 0.717) is 5.56 Å². The standard InChI is InChI=1S/C23H31F5N4O5/c1-13-7-5-6-10-22(24,25)18(35-12-14-8-3-2-4-9-14)21-31-30-20(37-21)17-16(32(33)34)11-15(23(26,27)28)19(29-17)36-13/h2-4,8-9,13,15-21,29-31H,5-7,10-12H2,1H3/t13-,15?,16?,17?,18?,19?,20?,21?/m1/s1. The fourth-order valence-corrected chi connectivity index (χ4v) is 5.05. The van der Waals surface area contributed by atoms with Crippen LogP contribution in [0.2, 0.25) is 0 Å². The number of hydrazine groups is 1. The second kappa shape index (κ2) is 11.4. The number of fused-ring (bicyclic) bond motifs is 5. The van der Waals surface area contributed by atoms with Crippen LogP contribution in [0.5, 0.6) is 0 Å². The molecule has 3 aliphatic rings. The Morgan fingerprint density at radius 3 is 2.49 bits per heavy atom. The summed E-state index contributed by atoms with van der Waals surface area (Å²) >= 11 is 0. The summed E-state index contributed by atoms with van der Waals surface area (Å²) in [5.74, 6) is -5.45. The molecule has 1 aromatic rings. The van der Waals surface area contributed by atoms with E-state index in [1.165, 1.54) is 0 Å². The van der Waals surface area contributed by atoms with Crippen molar-refractivity contribution in [2.45, 2.75) is 101 Å². The zero-order valence-electron chi connectivity index (χ0n) is 20.1. The summed E-state index contributed by atoms with van der Waals surface area (Å²) in [7, 11) is 0. The molecule has 0 aliphatic carbocycles. The van der Waals surface area contributed by atoms with Crippen molar-refractivity contribution < 1.29 is 41.1 Å². The highest BCUT2D eigenvalue weighted by Gasteiger charge is 2.58. The van der Waals surface area contributed by atoms with Gasteiger partial charge in [0.05, 0.1) is 12.7 Å². The number of hydrogen-bond acceptors (Lipinski definition) is 8. The number of nitrogens with one attached hydrogen (secondary N) is 3. The van der Waals surface area contributed by atoms with Gasteiger partial charge in [-0.3, -0.25) is 15.4 Å². The summed E-state index contributed by atoms with van der Waals surface area (Å²) in [6.07, 6.45) is -12.2. The molecule has 37 heavy (non-hydrogen) atoms. The molecule has 3 saturated heterocycles. The Morgan fingerprint density at radius 1 is 1.11 bits per heavy atom. The van der Waals surface area contributed by atoms with Crippen LogP contribution in [0.4, 0.5) is 22.0 Å². The molecule has 3 N–H and O–H groups in total. The van der Waals surface area contributed by atoms with Gasteiger partial charge in [0.1, 0.15) is 24.4 Å². The summed E-state index contributed by atoms with van der Waals surface area (Å²) in [4.78, 5) is 11.0. The summed E-state index contributed by atoms with van der Waals surface area (Å²) in [5.41, 5.74) is 5.85. The van der Waals surface area contributed by atoms with Crippen LogP contribution in [0.1, 0.15) is 44.6 Å². The number of hydrogen-bond donors (Lipinski definition) is 3. The molecule has 1 aromatic carbocycles. The van der Waals surface area contributed by atoms with Crippen molar-refractivity contribution in [2.75, 3.05) is 0 Å². The number of nitrogens with zero attached hydrogens (tertiary/aromatic N) is 1. The van der Waals surface area contributed by atoms with Gasteiger partial charge < -0.3 is 14.2 Å². The van der Waals surface area contributed by atoms with E-state index in [4.69, 9.17) is 14.2 Å². The third kappa shape index (κ3) is 6.73. The molecule has 0 saturated carbocycles. The number of halogens is 5. The zero-order chi connectivity index (χ0) is 26.8. The lowest BCUT2D eigenvalue weighted by atomic mass is 9.87. The monoisotopic (exact) mass is 538 g/mol. The van der Waals surface area contributed by atoms with Gasteiger partial charge in [-0.05, 0) is 25.3 Å². The Morgan fingerprint density at radius 2 is 1.81 bits per heavy atom. The van der Waals surface area contributed by atoms with Gasteiger partial charge in [-0.25, -0.2) is 19.6 Å². The molecule has 3 fully saturated rings. The molecule has 8 atom stereocenters. The van der Waals surface area contributed by atoms with Crippen molar-refractivity contribution in [2.24, 2.45) is 5.92 Å². The molecule has 9 nitrogen and oxygen atoms in total. The first kappa shape index (κ1) is 28.0. The van der Waals surface area contributed by atoms with Crippen molar-refractivity contribution >= 4 is 0 Å². The molecule has 14 heteroatoms. The molecule has 3 aliphatic heterocycles. The minimum atomic E-state index is -4.74. The van der Waals surface area contributed by atoms with Crippen LogP contribution < -0.4 is 16.2 Å². The van der Waals surface area contributed by atoms with Crippen LogP contribution in [0, 0.1) is 16.0 Å². The summed E-state index contributed by atoms with van der Waals surface area (Å²) in [6.45, 7) is 1.42. The predicted molar refractivity (Wildman–Crippen MR) is 120 cm³/mol. The predicted octanol–water partition coefficient (Wildman–Crippen LogP) is 3.47. The van der Waals surface area contributed by atoms with E-state index in [0.717, 1.165) is 0 Å². The maximum atomic E-state index is 15.4. The van der Waals surface area contributed by atoms with Crippen molar-refractivity contribution in [3.63, 3.8) is 0 Å². The van der Waals surface area contributed by atoms with E-state index in [1.54, 1.807) is 37.3 Å². The smallest absolute Gasteiger partial charge is 0.363 e. The molecule has 0 amide bonds. The van der Waals surface area contributed by atoms with Gasteiger partial charge in [0.15, 0.2) is 12.3 Å². The number of ether oxygens (including phenoxy) is 3. The first-order chi connectivity index (χ1) is 17.5. The van der Waals surface area contributed by atoms with Crippen LogP contribution in [0.15, 0.2) is 30.3 Å². The number of alkyl halides is 5. The zero-order valence-corrected chi connectivity index (χ0v) is 20.1. The maximum Gasteiger partial charge on any atom is 0.395 e. The Bertz CT molecular complexity index is 911. The lowest BCUT2D eigenvalue weighted by Crippen LogP contribution is -2.66. The van der Waals surface area contributed by atoms with Crippen LogP contribution in [-0.4, -0.2) is 60.0 Å². The Balaban J connectivity index is 1.60. The molecule has 7 unspecified atom stereocenters. The third-order valence-corrected chi connectivity index (χ3v) is 7.02. The van der Waals surface area contributed by atoms with Crippen molar-refractivity contribution in [1.82, 2.24) is 16.2 Å². The minimum absolute atomic E-state index is 0.0856. The highest BCUT2D eigenvalue weighted by Crippen LogP contribution is 2.39. The average molecular weight is 539 g/mol. The van der Waals surface area contributed by atoms with E-state index in [-0.39, 0.29) is 25.9 Å². The van der Waals surface area contributed by atoms with Crippen molar-refractivity contribution in [3.05, 3.63) is 46.0 Å². The van der Waals surface area contributed by atoms with Crippen LogP contribution >= 0.6 is 0 Å². The number of piperidine rings is 1. The van der Waals surface area contributed by atoms with Gasteiger partial charge in [-0.1, -0.05) is 36.8 Å². The van der Waals surface area contributed by atoms with Gasteiger partial charge in [0.25, 0.3) is 5.92 Å². The Hall–Kier alpha value is -1.97. The number of rotatable bonds is 4. The summed E-state index contributed by atoms with van der Waals surface area (Å²) in [5, 5.41) is 14.4. The molecule has 0 aromatic heterocycles. The Kier molecular flexibility index (Phi) is 8.65. The molecular formula is C23H31F5N4O5. The lowest BCUT2D eigenvalue weighted by molar-refractivity contribution is -0.539. The number of benzene rings is 1. The molecule has 208 valence electrons. The molecule has 0 radical (unpaired) electrons. The van der Waals surface area contributed by atoms with E-state index < -0.39 is 78.8 Å². The van der Waals surface area contributed by atoms with E-state index in [2.05, 4.69) is 16.2 Å². The fourth-order valence-electron chi connectivity index (χ4n) is 5.05. The summed E-state index contributed by atoms with van der Waals surface area (Å²) in [6, 6.07) is 5.69. The summed E-state index contributed by atoms with van der Waals surface area (Å²) < 4.78 is 89.2. The lowest BCUT2D eigenvalue weighted by Gasteiger charge is -2.41. The highest BCUT2D eigenvalue weighted by molar-refractivity contribution is 5.13. The molecule has 3 heterocycles. The quantitative estimate of drug-likeness (QED) is 0.304. The van der Waals surface area contributed by atoms with E-state index in [9.17, 15) is 23.3 Å². The second-order valence-corrected chi connectivity index (χ2v) is 9.79. The van der Waals surface area contributed by atoms with Crippen LogP contribution in [0.25, 0.3) is 0 Å². The van der Waals surface area contributed by atoms with Gasteiger partial charge >= 0.3 is 6.18 Å². The molecule has 4 bridgehead atoms. The van der Waals surface area contributed by atoms with Gasteiger partial charge in [-0.2, -0.15) is 13.2 Å². The first-order valence-corrected chi connectivity index (χ1v) is 12.3. The maximum absolute atomic E-state index is 15.4. The highest BCUT2D eigenvalue weighted by atomic mass is 19.4. The average Bonchev–Trinajstić information content (AvgIpc) is 3.30. The molecule has 0 spiro atoms. The Labute approximate surface area is 210 Å². The fraction of sp³-hybridized carbons (Fsp3) is 0.739. The minimum Gasteiger partial charge on any atom is -0.363 e.